The summed E-state index contributed by atoms with van der Waals surface area (Å²) in [4.78, 5) is 28.1. The SMILES string of the molecule is COc1ccc(C(=O)N2CCCC(N3CCc4ccccc4C3)C2)cc1[N+](=O)[O-]. The topological polar surface area (TPSA) is 75.9 Å². The Labute approximate surface area is 170 Å². The summed E-state index contributed by atoms with van der Waals surface area (Å²) < 4.78 is 5.04. The minimum Gasteiger partial charge on any atom is -0.490 e. The van der Waals surface area contributed by atoms with Gasteiger partial charge in [-0.05, 0) is 42.5 Å². The van der Waals surface area contributed by atoms with E-state index < -0.39 is 4.92 Å². The van der Waals surface area contributed by atoms with Gasteiger partial charge in [-0.3, -0.25) is 19.8 Å². The summed E-state index contributed by atoms with van der Waals surface area (Å²) in [5.74, 6) is 0.00733. The number of likely N-dealkylation sites (tertiary alicyclic amines) is 1. The molecule has 2 aliphatic rings. The Bertz CT molecular complexity index is 930. The van der Waals surface area contributed by atoms with Gasteiger partial charge in [0.2, 0.25) is 0 Å². The minimum atomic E-state index is -0.514. The Hall–Kier alpha value is -2.93. The Morgan fingerprint density at radius 3 is 2.72 bits per heavy atom. The van der Waals surface area contributed by atoms with Crippen LogP contribution < -0.4 is 4.74 Å². The van der Waals surface area contributed by atoms with Crippen molar-refractivity contribution in [1.29, 1.82) is 0 Å². The van der Waals surface area contributed by atoms with Gasteiger partial charge in [-0.1, -0.05) is 24.3 Å². The van der Waals surface area contributed by atoms with Gasteiger partial charge in [-0.25, -0.2) is 0 Å². The summed E-state index contributed by atoms with van der Waals surface area (Å²) in [6.45, 7) is 3.25. The predicted molar refractivity (Wildman–Crippen MR) is 109 cm³/mol. The second-order valence-electron chi connectivity index (χ2n) is 7.68. The van der Waals surface area contributed by atoms with Crippen molar-refractivity contribution in [2.45, 2.75) is 31.8 Å². The largest absolute Gasteiger partial charge is 0.490 e. The molecule has 0 saturated carbocycles. The molecule has 0 spiro atoms. The normalized spacial score (nSPS) is 19.5. The monoisotopic (exact) mass is 395 g/mol. The van der Waals surface area contributed by atoms with Crippen molar-refractivity contribution >= 4 is 11.6 Å². The second kappa shape index (κ2) is 8.21. The maximum Gasteiger partial charge on any atom is 0.311 e. The van der Waals surface area contributed by atoms with E-state index in [0.717, 1.165) is 32.4 Å². The van der Waals surface area contributed by atoms with Gasteiger partial charge in [0, 0.05) is 43.9 Å². The zero-order chi connectivity index (χ0) is 20.4. The number of amides is 1. The standard InChI is InChI=1S/C22H25N3O4/c1-29-21-9-8-17(13-20(21)25(27)28)22(26)24-11-4-7-19(15-24)23-12-10-16-5-2-3-6-18(16)14-23/h2-3,5-6,8-9,13,19H,4,7,10-12,14-15H2,1H3. The van der Waals surface area contributed by atoms with Crippen LogP contribution in [0.25, 0.3) is 0 Å². The first-order chi connectivity index (χ1) is 14.1. The van der Waals surface area contributed by atoms with E-state index in [1.54, 1.807) is 6.07 Å². The zero-order valence-corrected chi connectivity index (χ0v) is 16.5. The fourth-order valence-electron chi connectivity index (χ4n) is 4.41. The molecule has 1 fully saturated rings. The van der Waals surface area contributed by atoms with Gasteiger partial charge in [0.1, 0.15) is 0 Å². The minimum absolute atomic E-state index is 0.155. The maximum absolute atomic E-state index is 13.0. The first-order valence-electron chi connectivity index (χ1n) is 9.99. The van der Waals surface area contributed by atoms with Gasteiger partial charge in [-0.2, -0.15) is 0 Å². The highest BCUT2D eigenvalue weighted by molar-refractivity contribution is 5.95. The molecule has 0 bridgehead atoms. The fourth-order valence-corrected chi connectivity index (χ4v) is 4.41. The Balaban J connectivity index is 1.48. The first kappa shape index (κ1) is 19.4. The van der Waals surface area contributed by atoms with Crippen LogP contribution in [0, 0.1) is 10.1 Å². The number of nitrogens with zero attached hydrogens (tertiary/aromatic N) is 3. The predicted octanol–water partition coefficient (Wildman–Crippen LogP) is 3.27. The quantitative estimate of drug-likeness (QED) is 0.587. The molecule has 0 aromatic heterocycles. The van der Waals surface area contributed by atoms with Gasteiger partial charge in [0.25, 0.3) is 5.91 Å². The highest BCUT2D eigenvalue weighted by atomic mass is 16.6. The molecule has 0 N–H and O–H groups in total. The van der Waals surface area contributed by atoms with E-state index in [9.17, 15) is 14.9 Å². The summed E-state index contributed by atoms with van der Waals surface area (Å²) >= 11 is 0. The van der Waals surface area contributed by atoms with Crippen molar-refractivity contribution in [1.82, 2.24) is 9.80 Å². The van der Waals surface area contributed by atoms with E-state index in [1.165, 1.54) is 30.4 Å². The summed E-state index contributed by atoms with van der Waals surface area (Å²) in [6.07, 6.45) is 3.03. The van der Waals surface area contributed by atoms with Crippen molar-refractivity contribution in [2.24, 2.45) is 0 Å². The van der Waals surface area contributed by atoms with Crippen LogP contribution in [0.4, 0.5) is 5.69 Å². The number of carbonyl (C=O) groups is 1. The van der Waals surface area contributed by atoms with Gasteiger partial charge in [0.15, 0.2) is 5.75 Å². The molecule has 29 heavy (non-hydrogen) atoms. The molecule has 152 valence electrons. The Kier molecular flexibility index (Phi) is 5.49. The van der Waals surface area contributed by atoms with Crippen LogP contribution in [0.3, 0.4) is 0 Å². The molecule has 1 saturated heterocycles. The fraction of sp³-hybridized carbons (Fsp3) is 0.409. The molecular weight excluding hydrogens is 370 g/mol. The molecule has 2 aromatic rings. The number of benzene rings is 2. The zero-order valence-electron chi connectivity index (χ0n) is 16.5. The van der Waals surface area contributed by atoms with Crippen molar-refractivity contribution in [3.63, 3.8) is 0 Å². The highest BCUT2D eigenvalue weighted by Crippen LogP contribution is 2.29. The van der Waals surface area contributed by atoms with Crippen LogP contribution >= 0.6 is 0 Å². The number of ether oxygens (including phenoxy) is 1. The van der Waals surface area contributed by atoms with Crippen LogP contribution in [-0.4, -0.2) is 53.4 Å². The summed E-state index contributed by atoms with van der Waals surface area (Å²) in [5, 5.41) is 11.3. The lowest BCUT2D eigenvalue weighted by Gasteiger charge is -2.41. The lowest BCUT2D eigenvalue weighted by atomic mass is 9.95. The molecule has 1 atom stereocenters. The van der Waals surface area contributed by atoms with Gasteiger partial charge in [-0.15, -0.1) is 0 Å². The third-order valence-electron chi connectivity index (χ3n) is 5.98. The molecule has 0 radical (unpaired) electrons. The number of hydrogen-bond donors (Lipinski definition) is 0. The van der Waals surface area contributed by atoms with Crippen LogP contribution in [0.1, 0.15) is 34.3 Å². The first-order valence-corrected chi connectivity index (χ1v) is 9.99. The maximum atomic E-state index is 13.0. The van der Waals surface area contributed by atoms with E-state index in [4.69, 9.17) is 4.74 Å². The number of methoxy groups -OCH3 is 1. The summed E-state index contributed by atoms with van der Waals surface area (Å²) in [7, 11) is 1.38. The number of nitro benzene ring substituents is 1. The third-order valence-corrected chi connectivity index (χ3v) is 5.98. The van der Waals surface area contributed by atoms with E-state index in [-0.39, 0.29) is 17.3 Å². The van der Waals surface area contributed by atoms with Crippen molar-refractivity contribution < 1.29 is 14.5 Å². The summed E-state index contributed by atoms with van der Waals surface area (Å²) in [5.41, 5.74) is 2.94. The van der Waals surface area contributed by atoms with Crippen LogP contribution in [0.2, 0.25) is 0 Å². The molecule has 1 amide bonds. The summed E-state index contributed by atoms with van der Waals surface area (Å²) in [6, 6.07) is 13.3. The van der Waals surface area contributed by atoms with E-state index >= 15 is 0 Å². The Morgan fingerprint density at radius 1 is 1.17 bits per heavy atom. The van der Waals surface area contributed by atoms with E-state index in [1.807, 2.05) is 4.90 Å². The van der Waals surface area contributed by atoms with Crippen molar-refractivity contribution in [3.05, 3.63) is 69.3 Å². The number of fused-ring (bicyclic) bond motifs is 1. The van der Waals surface area contributed by atoms with Gasteiger partial charge in [0.05, 0.1) is 12.0 Å². The van der Waals surface area contributed by atoms with Gasteiger partial charge < -0.3 is 9.64 Å². The smallest absolute Gasteiger partial charge is 0.311 e. The lowest BCUT2D eigenvalue weighted by Crippen LogP contribution is -2.51. The van der Waals surface area contributed by atoms with Crippen LogP contribution in [0.15, 0.2) is 42.5 Å². The molecule has 1 unspecified atom stereocenters. The molecule has 7 heteroatoms. The van der Waals surface area contributed by atoms with Crippen molar-refractivity contribution in [2.75, 3.05) is 26.7 Å². The van der Waals surface area contributed by atoms with Crippen LogP contribution in [0.5, 0.6) is 5.75 Å². The number of nitro groups is 1. The number of hydrogen-bond acceptors (Lipinski definition) is 5. The molecule has 2 heterocycles. The van der Waals surface area contributed by atoms with E-state index in [2.05, 4.69) is 29.2 Å². The average molecular weight is 395 g/mol. The molecule has 7 nitrogen and oxygen atoms in total. The lowest BCUT2D eigenvalue weighted by molar-refractivity contribution is -0.385. The number of carbonyl (C=O) groups excluding carboxylic acids is 1. The number of piperidine rings is 1. The highest BCUT2D eigenvalue weighted by Gasteiger charge is 2.31. The molecule has 2 aliphatic heterocycles. The Morgan fingerprint density at radius 2 is 1.97 bits per heavy atom. The van der Waals surface area contributed by atoms with Crippen molar-refractivity contribution in [3.8, 4) is 5.75 Å². The molecular formula is C22H25N3O4. The van der Waals surface area contributed by atoms with E-state index in [0.29, 0.717) is 24.7 Å². The third kappa shape index (κ3) is 3.96. The second-order valence-corrected chi connectivity index (χ2v) is 7.68. The number of rotatable bonds is 4. The molecule has 2 aromatic carbocycles. The van der Waals surface area contributed by atoms with Crippen LogP contribution in [-0.2, 0) is 13.0 Å². The average Bonchev–Trinajstić information content (AvgIpc) is 2.77. The van der Waals surface area contributed by atoms with Gasteiger partial charge >= 0.3 is 5.69 Å². The molecule has 4 rings (SSSR count). The molecule has 0 aliphatic carbocycles.